The number of hydrogen-bond acceptors (Lipinski definition) is 6. The average molecular weight is 492 g/mol. The number of carboxylic acids is 1. The zero-order chi connectivity index (χ0) is 23.9. The number of aromatic nitrogens is 2. The largest absolute Gasteiger partial charge is 0.481 e. The van der Waals surface area contributed by atoms with E-state index in [2.05, 4.69) is 22.3 Å². The van der Waals surface area contributed by atoms with Crippen LogP contribution in [0.4, 0.5) is 10.6 Å². The first kappa shape index (κ1) is 22.2. The molecule has 1 saturated carbocycles. The van der Waals surface area contributed by atoms with Crippen LogP contribution in [-0.4, -0.2) is 26.9 Å². The number of benzene rings is 1. The Bertz CT molecular complexity index is 1470. The topological polar surface area (TPSA) is 93.5 Å². The van der Waals surface area contributed by atoms with Gasteiger partial charge < -0.3 is 9.84 Å². The van der Waals surface area contributed by atoms with Crippen molar-refractivity contribution < 1.29 is 19.4 Å². The Morgan fingerprint density at radius 3 is 2.68 bits per heavy atom. The molecule has 0 bridgehead atoms. The van der Waals surface area contributed by atoms with Gasteiger partial charge in [0.15, 0.2) is 0 Å². The van der Waals surface area contributed by atoms with Crippen LogP contribution in [0.3, 0.4) is 0 Å². The summed E-state index contributed by atoms with van der Waals surface area (Å²) in [6.45, 7) is 2.16. The number of rotatable bonds is 5. The summed E-state index contributed by atoms with van der Waals surface area (Å²) >= 11 is 3.12. The van der Waals surface area contributed by atoms with Crippen molar-refractivity contribution in [3.05, 3.63) is 69.0 Å². The predicted molar refractivity (Wildman–Crippen MR) is 132 cm³/mol. The minimum absolute atomic E-state index is 0.169. The van der Waals surface area contributed by atoms with Gasteiger partial charge >= 0.3 is 12.1 Å². The summed E-state index contributed by atoms with van der Waals surface area (Å²) in [7, 11) is 1.72. The molecule has 0 aliphatic heterocycles. The Kier molecular flexibility index (Phi) is 5.63. The maximum Gasteiger partial charge on any atom is 0.413 e. The van der Waals surface area contributed by atoms with E-state index in [4.69, 9.17) is 4.74 Å². The Labute approximate surface area is 204 Å². The van der Waals surface area contributed by atoms with E-state index in [1.165, 1.54) is 4.68 Å². The Balaban J connectivity index is 1.32. The molecule has 3 heterocycles. The molecule has 0 unspecified atom stereocenters. The Morgan fingerprint density at radius 1 is 1.24 bits per heavy atom. The van der Waals surface area contributed by atoms with E-state index >= 15 is 0 Å². The van der Waals surface area contributed by atoms with Gasteiger partial charge in [0.05, 0.1) is 20.7 Å². The maximum atomic E-state index is 12.3. The van der Waals surface area contributed by atoms with Gasteiger partial charge in [-0.1, -0.05) is 42.2 Å². The van der Waals surface area contributed by atoms with E-state index in [0.29, 0.717) is 24.2 Å². The predicted octanol–water partition coefficient (Wildman–Crippen LogP) is 5.27. The van der Waals surface area contributed by atoms with Crippen molar-refractivity contribution in [2.45, 2.75) is 31.8 Å². The van der Waals surface area contributed by atoms with Gasteiger partial charge in [0.25, 0.3) is 0 Å². The van der Waals surface area contributed by atoms with Crippen molar-refractivity contribution in [2.75, 3.05) is 5.32 Å². The number of amides is 1. The van der Waals surface area contributed by atoms with E-state index in [0.717, 1.165) is 30.3 Å². The number of carboxylic acid groups (broad SMARTS) is 1. The van der Waals surface area contributed by atoms with Gasteiger partial charge in [-0.25, -0.2) is 4.79 Å². The van der Waals surface area contributed by atoms with E-state index in [1.807, 2.05) is 43.3 Å². The lowest BCUT2D eigenvalue weighted by Crippen LogP contribution is -2.18. The van der Waals surface area contributed by atoms with Crippen LogP contribution < -0.4 is 5.32 Å². The number of anilines is 1. The second-order valence-electron chi connectivity index (χ2n) is 8.22. The van der Waals surface area contributed by atoms with Gasteiger partial charge in [0.1, 0.15) is 17.8 Å². The number of carbonyl (C=O) groups is 2. The number of ether oxygens (including phenoxy) is 1. The summed E-state index contributed by atoms with van der Waals surface area (Å²) < 4.78 is 7.92. The Morgan fingerprint density at radius 2 is 2.00 bits per heavy atom. The molecule has 1 amide bonds. The monoisotopic (exact) mass is 491 g/mol. The highest BCUT2D eigenvalue weighted by Gasteiger charge is 2.53. The van der Waals surface area contributed by atoms with Crippen molar-refractivity contribution in [3.63, 3.8) is 0 Å². The molecule has 3 aromatic heterocycles. The van der Waals surface area contributed by atoms with E-state index < -0.39 is 17.5 Å². The highest BCUT2D eigenvalue weighted by Crippen LogP contribution is 2.54. The van der Waals surface area contributed by atoms with Crippen LogP contribution in [0, 0.1) is 18.8 Å². The van der Waals surface area contributed by atoms with Crippen molar-refractivity contribution >= 4 is 50.0 Å². The van der Waals surface area contributed by atoms with Crippen molar-refractivity contribution in [3.8, 4) is 11.8 Å². The highest BCUT2D eigenvalue weighted by molar-refractivity contribution is 7.38. The second-order valence-corrected chi connectivity index (χ2v) is 10.6. The van der Waals surface area contributed by atoms with E-state index in [1.54, 1.807) is 35.9 Å². The van der Waals surface area contributed by atoms with Crippen LogP contribution >= 0.6 is 22.7 Å². The summed E-state index contributed by atoms with van der Waals surface area (Å²) in [6.07, 6.45) is 2.42. The zero-order valence-corrected chi connectivity index (χ0v) is 20.2. The lowest BCUT2D eigenvalue weighted by Gasteiger charge is -2.08. The molecule has 1 aliphatic carbocycles. The lowest BCUT2D eigenvalue weighted by atomic mass is 10.0. The summed E-state index contributed by atoms with van der Waals surface area (Å²) in [6, 6.07) is 11.5. The number of hydrogen-bond donors (Lipinski definition) is 2. The minimum Gasteiger partial charge on any atom is -0.481 e. The standard InChI is InChI=1S/C25H21N3O4S2/c1-15-19-12-18(33-22(19)34-20(15)25(10-11-25)23(29)30)9-8-17-13-26-28(2)21(17)27-24(31)32-14-16-6-4-3-5-7-16/h3-7,12-13H,10-11,14H2,1-2H3,(H,27,31)(H,29,30). The third kappa shape index (κ3) is 4.06. The number of thiophene rings is 2. The highest BCUT2D eigenvalue weighted by atomic mass is 32.2. The van der Waals surface area contributed by atoms with Crippen molar-refractivity contribution in [1.82, 2.24) is 9.78 Å². The van der Waals surface area contributed by atoms with E-state index in [9.17, 15) is 14.7 Å². The van der Waals surface area contributed by atoms with Gasteiger partial charge in [-0.3, -0.25) is 14.8 Å². The van der Waals surface area contributed by atoms with Crippen LogP contribution in [-0.2, 0) is 28.6 Å². The molecule has 7 nitrogen and oxygen atoms in total. The number of aryl methyl sites for hydroxylation is 2. The molecular weight excluding hydrogens is 470 g/mol. The normalized spacial score (nSPS) is 13.8. The van der Waals surface area contributed by atoms with Crippen LogP contribution in [0.1, 0.15) is 39.3 Å². The summed E-state index contributed by atoms with van der Waals surface area (Å²) in [5.41, 5.74) is 1.82. The molecule has 5 rings (SSSR count). The van der Waals surface area contributed by atoms with Gasteiger partial charge in [0.2, 0.25) is 0 Å². The second kappa shape index (κ2) is 8.63. The summed E-state index contributed by atoms with van der Waals surface area (Å²) in [4.78, 5) is 25.9. The quantitative estimate of drug-likeness (QED) is 0.371. The van der Waals surface area contributed by atoms with Gasteiger partial charge in [-0.15, -0.1) is 22.7 Å². The molecule has 9 heteroatoms. The fourth-order valence-corrected chi connectivity index (χ4v) is 6.59. The molecular formula is C25H21N3O4S2. The molecule has 4 aromatic rings. The van der Waals surface area contributed by atoms with Crippen LogP contribution in [0.2, 0.25) is 0 Å². The van der Waals surface area contributed by atoms with Crippen molar-refractivity contribution in [2.24, 2.45) is 7.05 Å². The number of carbonyl (C=O) groups excluding carboxylic acids is 1. The third-order valence-electron chi connectivity index (χ3n) is 5.92. The molecule has 0 saturated heterocycles. The first-order valence-electron chi connectivity index (χ1n) is 10.7. The molecule has 34 heavy (non-hydrogen) atoms. The molecule has 1 aliphatic rings. The first-order chi connectivity index (χ1) is 16.4. The van der Waals surface area contributed by atoms with Gasteiger partial charge in [-0.2, -0.15) is 5.10 Å². The smallest absolute Gasteiger partial charge is 0.413 e. The summed E-state index contributed by atoms with van der Waals surface area (Å²) in [5, 5.41) is 17.6. The fraction of sp³-hybridized carbons (Fsp3) is 0.240. The number of fused-ring (bicyclic) bond motifs is 1. The maximum absolute atomic E-state index is 12.3. The molecule has 1 aromatic carbocycles. The van der Waals surface area contributed by atoms with Crippen LogP contribution in [0.25, 0.3) is 9.40 Å². The zero-order valence-electron chi connectivity index (χ0n) is 18.5. The van der Waals surface area contributed by atoms with Crippen LogP contribution in [0.15, 0.2) is 42.6 Å². The fourth-order valence-electron chi connectivity index (χ4n) is 3.85. The molecule has 0 radical (unpaired) electrons. The SMILES string of the molecule is Cc1c(C2(C(=O)O)CC2)sc2sc(C#Cc3cnn(C)c3NC(=O)OCc3ccccc3)cc12. The number of aliphatic carboxylic acids is 1. The Hall–Kier alpha value is -3.61. The van der Waals surface area contributed by atoms with Crippen LogP contribution in [0.5, 0.6) is 0 Å². The van der Waals surface area contributed by atoms with Gasteiger partial charge in [0, 0.05) is 17.3 Å². The number of nitrogens with one attached hydrogen (secondary N) is 1. The molecule has 1 fully saturated rings. The third-order valence-corrected chi connectivity index (χ3v) is 8.58. The first-order valence-corrected chi connectivity index (χ1v) is 12.3. The molecule has 2 N–H and O–H groups in total. The lowest BCUT2D eigenvalue weighted by molar-refractivity contribution is -0.139. The summed E-state index contributed by atoms with van der Waals surface area (Å²) in [5.74, 6) is 5.98. The molecule has 172 valence electrons. The molecule has 0 spiro atoms. The molecule has 0 atom stereocenters. The number of nitrogens with zero attached hydrogens (tertiary/aromatic N) is 2. The average Bonchev–Trinajstić information content (AvgIpc) is 3.31. The van der Waals surface area contributed by atoms with Crippen molar-refractivity contribution in [1.29, 1.82) is 0 Å². The van der Waals surface area contributed by atoms with Gasteiger partial charge in [-0.05, 0) is 37.0 Å². The minimum atomic E-state index is -0.733. The van der Waals surface area contributed by atoms with E-state index in [-0.39, 0.29) is 6.61 Å².